The molecule has 0 aliphatic rings. The summed E-state index contributed by atoms with van der Waals surface area (Å²) in [6.45, 7) is 4.27. The van der Waals surface area contributed by atoms with Crippen molar-refractivity contribution in [1.29, 1.82) is 0 Å². The Morgan fingerprint density at radius 3 is 2.95 bits per heavy atom. The van der Waals surface area contributed by atoms with Crippen LogP contribution < -0.4 is 5.32 Å². The maximum absolute atomic E-state index is 5.14. The van der Waals surface area contributed by atoms with Crippen LogP contribution >= 0.6 is 15.9 Å². The van der Waals surface area contributed by atoms with E-state index in [1.807, 2.05) is 35.3 Å². The molecule has 0 aliphatic carbocycles. The molecule has 20 heavy (non-hydrogen) atoms. The lowest BCUT2D eigenvalue weighted by Gasteiger charge is -2.19. The van der Waals surface area contributed by atoms with E-state index < -0.39 is 0 Å². The maximum Gasteiger partial charge on any atom is 0.0933 e. The lowest BCUT2D eigenvalue weighted by Crippen LogP contribution is -2.26. The molecule has 108 valence electrons. The van der Waals surface area contributed by atoms with Gasteiger partial charge in [-0.3, -0.25) is 9.67 Å². The average molecular weight is 339 g/mol. The summed E-state index contributed by atoms with van der Waals surface area (Å²) in [5, 5.41) is 7.87. The first-order valence-electron chi connectivity index (χ1n) is 6.62. The van der Waals surface area contributed by atoms with Crippen LogP contribution in [-0.2, 0) is 11.3 Å². The Hall–Kier alpha value is -1.24. The third kappa shape index (κ3) is 3.45. The first kappa shape index (κ1) is 15.2. The van der Waals surface area contributed by atoms with Crippen molar-refractivity contribution in [3.63, 3.8) is 0 Å². The molecule has 1 N–H and O–H groups in total. The van der Waals surface area contributed by atoms with Gasteiger partial charge in [-0.15, -0.1) is 0 Å². The van der Waals surface area contributed by atoms with E-state index in [1.165, 1.54) is 0 Å². The number of rotatable bonds is 7. The number of hydrogen-bond acceptors (Lipinski definition) is 4. The zero-order chi connectivity index (χ0) is 14.4. The fourth-order valence-electron chi connectivity index (χ4n) is 2.11. The van der Waals surface area contributed by atoms with Gasteiger partial charge in [-0.1, -0.05) is 13.0 Å². The largest absolute Gasteiger partial charge is 0.383 e. The van der Waals surface area contributed by atoms with Crippen molar-refractivity contribution < 1.29 is 4.74 Å². The van der Waals surface area contributed by atoms with Gasteiger partial charge in [-0.05, 0) is 34.6 Å². The summed E-state index contributed by atoms with van der Waals surface area (Å²) in [5.41, 5.74) is 2.05. The van der Waals surface area contributed by atoms with Gasteiger partial charge >= 0.3 is 0 Å². The van der Waals surface area contributed by atoms with Crippen molar-refractivity contribution in [3.05, 3.63) is 46.5 Å². The minimum atomic E-state index is 0.00920. The monoisotopic (exact) mass is 338 g/mol. The number of nitrogens with one attached hydrogen (secondary N) is 1. The molecular formula is C14H19BrN4O. The van der Waals surface area contributed by atoms with E-state index in [2.05, 4.69) is 38.3 Å². The molecule has 0 bridgehead atoms. The number of pyridine rings is 1. The number of hydrogen-bond donors (Lipinski definition) is 1. The van der Waals surface area contributed by atoms with Crippen LogP contribution in [0.3, 0.4) is 0 Å². The summed E-state index contributed by atoms with van der Waals surface area (Å²) in [6.07, 6.45) is 3.63. The number of methoxy groups -OCH3 is 1. The molecule has 2 aromatic rings. The number of halogens is 1. The molecule has 5 nitrogen and oxygen atoms in total. The molecule has 0 amide bonds. The van der Waals surface area contributed by atoms with E-state index >= 15 is 0 Å². The van der Waals surface area contributed by atoms with Crippen LogP contribution in [-0.4, -0.2) is 35.0 Å². The predicted molar refractivity (Wildman–Crippen MR) is 81.6 cm³/mol. The first-order chi connectivity index (χ1) is 9.77. The Balaban J connectivity index is 2.36. The van der Waals surface area contributed by atoms with Gasteiger partial charge in [0.05, 0.1) is 41.3 Å². The van der Waals surface area contributed by atoms with Gasteiger partial charge in [0, 0.05) is 13.3 Å². The molecule has 2 heterocycles. The Morgan fingerprint density at radius 2 is 2.30 bits per heavy atom. The summed E-state index contributed by atoms with van der Waals surface area (Å²) >= 11 is 3.59. The third-order valence-electron chi connectivity index (χ3n) is 3.01. The second kappa shape index (κ2) is 7.52. The van der Waals surface area contributed by atoms with Crippen LogP contribution in [0, 0.1) is 0 Å². The highest BCUT2D eigenvalue weighted by Gasteiger charge is 2.22. The van der Waals surface area contributed by atoms with E-state index in [-0.39, 0.29) is 6.04 Å². The van der Waals surface area contributed by atoms with E-state index in [0.29, 0.717) is 13.2 Å². The van der Waals surface area contributed by atoms with E-state index in [9.17, 15) is 0 Å². The van der Waals surface area contributed by atoms with Gasteiger partial charge in [0.1, 0.15) is 0 Å². The van der Waals surface area contributed by atoms with Crippen LogP contribution in [0.25, 0.3) is 0 Å². The van der Waals surface area contributed by atoms with E-state index in [1.54, 1.807) is 7.11 Å². The second-order valence-electron chi connectivity index (χ2n) is 4.34. The van der Waals surface area contributed by atoms with Crippen molar-refractivity contribution >= 4 is 15.9 Å². The molecular weight excluding hydrogens is 320 g/mol. The molecule has 0 aromatic carbocycles. The first-order valence-corrected chi connectivity index (χ1v) is 7.41. The Kier molecular flexibility index (Phi) is 5.70. The van der Waals surface area contributed by atoms with Crippen molar-refractivity contribution in [2.24, 2.45) is 0 Å². The molecule has 0 radical (unpaired) electrons. The molecule has 6 heteroatoms. The summed E-state index contributed by atoms with van der Waals surface area (Å²) in [6, 6.07) is 5.95. The Morgan fingerprint density at radius 1 is 1.45 bits per heavy atom. The lowest BCUT2D eigenvalue weighted by atomic mass is 10.1. The van der Waals surface area contributed by atoms with Crippen molar-refractivity contribution in [2.75, 3.05) is 20.3 Å². The minimum absolute atomic E-state index is 0.00920. The van der Waals surface area contributed by atoms with Crippen molar-refractivity contribution in [3.8, 4) is 0 Å². The van der Waals surface area contributed by atoms with Crippen LogP contribution in [0.5, 0.6) is 0 Å². The fraction of sp³-hybridized carbons (Fsp3) is 0.429. The smallest absolute Gasteiger partial charge is 0.0933 e. The number of aromatic nitrogens is 3. The molecule has 2 aromatic heterocycles. The average Bonchev–Trinajstić information content (AvgIpc) is 2.84. The summed E-state index contributed by atoms with van der Waals surface area (Å²) in [4.78, 5) is 4.46. The highest BCUT2D eigenvalue weighted by molar-refractivity contribution is 9.10. The molecule has 0 saturated carbocycles. The number of ether oxygens (including phenoxy) is 1. The van der Waals surface area contributed by atoms with Crippen LogP contribution in [0.1, 0.15) is 24.4 Å². The molecule has 0 spiro atoms. The van der Waals surface area contributed by atoms with Crippen molar-refractivity contribution in [1.82, 2.24) is 20.1 Å². The highest BCUT2D eigenvalue weighted by Crippen LogP contribution is 2.27. The summed E-state index contributed by atoms with van der Waals surface area (Å²) in [5.74, 6) is 0. The van der Waals surface area contributed by atoms with E-state index in [0.717, 1.165) is 22.4 Å². The fourth-order valence-corrected chi connectivity index (χ4v) is 2.63. The van der Waals surface area contributed by atoms with E-state index in [4.69, 9.17) is 4.74 Å². The van der Waals surface area contributed by atoms with Crippen molar-refractivity contribution in [2.45, 2.75) is 19.5 Å². The topological polar surface area (TPSA) is 52.0 Å². The minimum Gasteiger partial charge on any atom is -0.383 e. The zero-order valence-electron chi connectivity index (χ0n) is 11.7. The molecule has 0 aliphatic heterocycles. The van der Waals surface area contributed by atoms with Gasteiger partial charge < -0.3 is 10.1 Å². The van der Waals surface area contributed by atoms with Gasteiger partial charge in [0.25, 0.3) is 0 Å². The molecule has 1 unspecified atom stereocenters. The van der Waals surface area contributed by atoms with Gasteiger partial charge in [0.15, 0.2) is 0 Å². The summed E-state index contributed by atoms with van der Waals surface area (Å²) < 4.78 is 8.07. The maximum atomic E-state index is 5.14. The zero-order valence-corrected chi connectivity index (χ0v) is 13.3. The third-order valence-corrected chi connectivity index (χ3v) is 3.62. The molecule has 0 saturated heterocycles. The highest BCUT2D eigenvalue weighted by atomic mass is 79.9. The lowest BCUT2D eigenvalue weighted by molar-refractivity contribution is 0.182. The molecule has 2 rings (SSSR count). The van der Waals surface area contributed by atoms with Crippen LogP contribution in [0.15, 0.2) is 35.1 Å². The van der Waals surface area contributed by atoms with Crippen LogP contribution in [0.4, 0.5) is 0 Å². The Bertz CT molecular complexity index is 529. The predicted octanol–water partition coefficient (Wildman–Crippen LogP) is 2.39. The van der Waals surface area contributed by atoms with Gasteiger partial charge in [-0.2, -0.15) is 5.10 Å². The molecule has 1 atom stereocenters. The Labute approximate surface area is 127 Å². The number of nitrogens with zero attached hydrogens (tertiary/aromatic N) is 3. The van der Waals surface area contributed by atoms with Crippen LogP contribution in [0.2, 0.25) is 0 Å². The summed E-state index contributed by atoms with van der Waals surface area (Å²) in [7, 11) is 1.69. The standard InChI is InChI=1S/C14H19BrN4O/c1-3-16-13(12-6-4-5-7-17-12)14-11(15)10-18-19(14)8-9-20-2/h4-7,10,13,16H,3,8-9H2,1-2H3. The second-order valence-corrected chi connectivity index (χ2v) is 5.19. The normalized spacial score (nSPS) is 12.6. The van der Waals surface area contributed by atoms with Gasteiger partial charge in [-0.25, -0.2) is 0 Å². The van der Waals surface area contributed by atoms with Gasteiger partial charge in [0.2, 0.25) is 0 Å². The quantitative estimate of drug-likeness (QED) is 0.842. The molecule has 0 fully saturated rings. The SMILES string of the molecule is CCNC(c1ccccn1)c1c(Br)cnn1CCOC.